The van der Waals surface area contributed by atoms with Crippen molar-refractivity contribution in [1.29, 1.82) is 0 Å². The van der Waals surface area contributed by atoms with Crippen LogP contribution in [0.1, 0.15) is 46.2 Å². The fraction of sp³-hybridized carbons (Fsp3) is 0.611. The third kappa shape index (κ3) is 4.35. The molecule has 2 heterocycles. The summed E-state index contributed by atoms with van der Waals surface area (Å²) in [6, 6.07) is -0.233. The van der Waals surface area contributed by atoms with E-state index in [0.717, 1.165) is 0 Å². The summed E-state index contributed by atoms with van der Waals surface area (Å²) in [6.07, 6.45) is 0. The summed E-state index contributed by atoms with van der Waals surface area (Å²) < 4.78 is 5.07. The maximum absolute atomic E-state index is 13.1. The Kier molecular flexibility index (Phi) is 6.35. The number of piperazine rings is 1. The van der Waals surface area contributed by atoms with E-state index in [4.69, 9.17) is 4.74 Å². The first-order valence-electron chi connectivity index (χ1n) is 8.96. The molecular weight excluding hydrogens is 350 g/mol. The van der Waals surface area contributed by atoms with Gasteiger partial charge in [-0.05, 0) is 27.7 Å². The molecule has 1 unspecified atom stereocenters. The molecule has 0 N–H and O–H groups in total. The Hall–Kier alpha value is -2.71. The third-order valence-corrected chi connectivity index (χ3v) is 4.43. The van der Waals surface area contributed by atoms with Crippen molar-refractivity contribution in [2.24, 2.45) is 0 Å². The second-order valence-electron chi connectivity index (χ2n) is 6.77. The minimum atomic E-state index is -0.604. The van der Waals surface area contributed by atoms with E-state index in [1.807, 2.05) is 6.92 Å². The number of ether oxygens (including phenoxy) is 1. The van der Waals surface area contributed by atoms with E-state index in [1.54, 1.807) is 44.7 Å². The van der Waals surface area contributed by atoms with Gasteiger partial charge in [-0.3, -0.25) is 4.79 Å². The van der Waals surface area contributed by atoms with Crippen LogP contribution < -0.4 is 0 Å². The number of hydrogen-bond donors (Lipinski definition) is 0. The van der Waals surface area contributed by atoms with E-state index in [9.17, 15) is 14.4 Å². The molecule has 1 atom stereocenters. The summed E-state index contributed by atoms with van der Waals surface area (Å²) in [4.78, 5) is 51.0. The average Bonchev–Trinajstić information content (AvgIpc) is 2.59. The Bertz CT molecular complexity index is 750. The molecule has 1 aliphatic heterocycles. The summed E-state index contributed by atoms with van der Waals surface area (Å²) >= 11 is 0. The third-order valence-electron chi connectivity index (χ3n) is 4.43. The van der Waals surface area contributed by atoms with Gasteiger partial charge in [-0.2, -0.15) is 0 Å². The van der Waals surface area contributed by atoms with Crippen molar-refractivity contribution in [2.75, 3.05) is 40.3 Å². The van der Waals surface area contributed by atoms with Crippen molar-refractivity contribution >= 4 is 17.9 Å². The molecule has 0 aliphatic carbocycles. The van der Waals surface area contributed by atoms with E-state index in [1.165, 1.54) is 4.90 Å². The van der Waals surface area contributed by atoms with E-state index in [-0.39, 0.29) is 35.8 Å². The van der Waals surface area contributed by atoms with Gasteiger partial charge in [0.2, 0.25) is 0 Å². The smallest absolute Gasteiger partial charge is 0.342 e. The van der Waals surface area contributed by atoms with Crippen LogP contribution in [0.3, 0.4) is 0 Å². The number of esters is 1. The summed E-state index contributed by atoms with van der Waals surface area (Å²) in [5.74, 6) is -0.540. The molecule has 0 aromatic carbocycles. The highest BCUT2D eigenvalue weighted by Gasteiger charge is 2.34. The van der Waals surface area contributed by atoms with Crippen molar-refractivity contribution in [3.05, 3.63) is 22.8 Å². The van der Waals surface area contributed by atoms with Crippen molar-refractivity contribution in [1.82, 2.24) is 24.7 Å². The predicted octanol–water partition coefficient (Wildman–Crippen LogP) is 1.10. The first-order chi connectivity index (χ1) is 12.7. The Morgan fingerprint density at radius 1 is 1.19 bits per heavy atom. The molecule has 148 valence electrons. The number of hydrogen-bond acceptors (Lipinski definition) is 6. The number of urea groups is 1. The Morgan fingerprint density at radius 3 is 2.41 bits per heavy atom. The Labute approximate surface area is 159 Å². The summed E-state index contributed by atoms with van der Waals surface area (Å²) in [5, 5.41) is 0. The first-order valence-corrected chi connectivity index (χ1v) is 8.96. The van der Waals surface area contributed by atoms with Crippen LogP contribution in [0.2, 0.25) is 0 Å². The maximum atomic E-state index is 13.1. The van der Waals surface area contributed by atoms with Gasteiger partial charge in [0.05, 0.1) is 12.3 Å². The Morgan fingerprint density at radius 2 is 1.85 bits per heavy atom. The van der Waals surface area contributed by atoms with Crippen LogP contribution in [0.25, 0.3) is 0 Å². The molecule has 0 radical (unpaired) electrons. The molecule has 0 saturated carbocycles. The number of aryl methyl sites for hydroxylation is 2. The molecule has 1 aromatic rings. The second-order valence-corrected chi connectivity index (χ2v) is 6.77. The van der Waals surface area contributed by atoms with Gasteiger partial charge in [-0.25, -0.2) is 19.6 Å². The van der Waals surface area contributed by atoms with Gasteiger partial charge in [0.25, 0.3) is 5.91 Å². The molecular formula is C18H27N5O4. The van der Waals surface area contributed by atoms with Crippen LogP contribution in [0.5, 0.6) is 0 Å². The normalized spacial score (nSPS) is 16.9. The molecule has 1 fully saturated rings. The van der Waals surface area contributed by atoms with Crippen LogP contribution in [-0.4, -0.2) is 89.0 Å². The molecule has 0 bridgehead atoms. The zero-order chi connectivity index (χ0) is 20.3. The van der Waals surface area contributed by atoms with Crippen LogP contribution in [0.4, 0.5) is 4.79 Å². The lowest BCUT2D eigenvalue weighted by Gasteiger charge is -2.40. The van der Waals surface area contributed by atoms with Crippen molar-refractivity contribution in [3.63, 3.8) is 0 Å². The van der Waals surface area contributed by atoms with Crippen molar-refractivity contribution in [3.8, 4) is 0 Å². The van der Waals surface area contributed by atoms with Gasteiger partial charge in [0.15, 0.2) is 0 Å². The SMILES string of the molecule is CCOC(=O)c1c(C)nc(C)nc1C(=O)N1CCN(C(=O)N(C)C)C(C)C1. The van der Waals surface area contributed by atoms with E-state index in [0.29, 0.717) is 31.2 Å². The molecule has 9 nitrogen and oxygen atoms in total. The maximum Gasteiger partial charge on any atom is 0.342 e. The van der Waals surface area contributed by atoms with Gasteiger partial charge in [-0.1, -0.05) is 0 Å². The monoisotopic (exact) mass is 377 g/mol. The largest absolute Gasteiger partial charge is 0.462 e. The van der Waals surface area contributed by atoms with E-state index in [2.05, 4.69) is 9.97 Å². The van der Waals surface area contributed by atoms with Crippen LogP contribution in [-0.2, 0) is 4.74 Å². The summed E-state index contributed by atoms with van der Waals surface area (Å²) in [7, 11) is 3.40. The second kappa shape index (κ2) is 8.32. The van der Waals surface area contributed by atoms with Gasteiger partial charge in [0, 0.05) is 39.8 Å². The highest BCUT2D eigenvalue weighted by atomic mass is 16.5. The number of rotatable bonds is 3. The highest BCUT2D eigenvalue weighted by Crippen LogP contribution is 2.18. The van der Waals surface area contributed by atoms with Crippen molar-refractivity contribution < 1.29 is 19.1 Å². The molecule has 2 rings (SSSR count). The topological polar surface area (TPSA) is 95.9 Å². The molecule has 3 amide bonds. The number of amides is 3. The summed E-state index contributed by atoms with van der Waals surface area (Å²) in [5.41, 5.74) is 0.573. The molecule has 1 aromatic heterocycles. The number of carbonyl (C=O) groups is 3. The lowest BCUT2D eigenvalue weighted by atomic mass is 10.1. The summed E-state index contributed by atoms with van der Waals surface area (Å²) in [6.45, 7) is 8.28. The van der Waals surface area contributed by atoms with Gasteiger partial charge in [-0.15, -0.1) is 0 Å². The molecule has 9 heteroatoms. The van der Waals surface area contributed by atoms with Gasteiger partial charge in [0.1, 0.15) is 17.1 Å². The van der Waals surface area contributed by atoms with Crippen molar-refractivity contribution in [2.45, 2.75) is 33.7 Å². The van der Waals surface area contributed by atoms with Crippen LogP contribution in [0.15, 0.2) is 0 Å². The lowest BCUT2D eigenvalue weighted by molar-refractivity contribution is 0.0493. The van der Waals surface area contributed by atoms with Crippen LogP contribution >= 0.6 is 0 Å². The zero-order valence-electron chi connectivity index (χ0n) is 16.8. The van der Waals surface area contributed by atoms with E-state index < -0.39 is 5.97 Å². The highest BCUT2D eigenvalue weighted by molar-refractivity contribution is 6.04. The molecule has 0 spiro atoms. The van der Waals surface area contributed by atoms with Gasteiger partial charge >= 0.3 is 12.0 Å². The standard InChI is InChI=1S/C18H27N5O4/c1-7-27-17(25)14-12(3)19-13(4)20-15(14)16(24)22-8-9-23(11(2)10-22)18(26)21(5)6/h11H,7-10H2,1-6H3. The van der Waals surface area contributed by atoms with Crippen LogP contribution in [0, 0.1) is 13.8 Å². The first kappa shape index (κ1) is 20.6. The fourth-order valence-electron chi connectivity index (χ4n) is 3.15. The lowest BCUT2D eigenvalue weighted by Crippen LogP contribution is -2.57. The minimum Gasteiger partial charge on any atom is -0.462 e. The molecule has 27 heavy (non-hydrogen) atoms. The predicted molar refractivity (Wildman–Crippen MR) is 98.6 cm³/mol. The number of aromatic nitrogens is 2. The van der Waals surface area contributed by atoms with Gasteiger partial charge < -0.3 is 19.4 Å². The Balaban J connectivity index is 2.28. The number of nitrogens with zero attached hydrogens (tertiary/aromatic N) is 5. The van der Waals surface area contributed by atoms with E-state index >= 15 is 0 Å². The number of carbonyl (C=O) groups excluding carboxylic acids is 3. The quantitative estimate of drug-likeness (QED) is 0.732. The molecule has 1 saturated heterocycles. The zero-order valence-corrected chi connectivity index (χ0v) is 16.8. The average molecular weight is 377 g/mol. The fourth-order valence-corrected chi connectivity index (χ4v) is 3.15. The minimum absolute atomic E-state index is 0.0537. The molecule has 1 aliphatic rings.